The monoisotopic (exact) mass is 607 g/mol. The molecule has 0 radical (unpaired) electrons. The van der Waals surface area contributed by atoms with Crippen LogP contribution in [0.2, 0.25) is 0 Å². The summed E-state index contributed by atoms with van der Waals surface area (Å²) in [6.07, 6.45) is 4.07. The number of amides is 1. The van der Waals surface area contributed by atoms with Crippen molar-refractivity contribution in [3.05, 3.63) is 35.8 Å². The number of rotatable bonds is 7. The number of benzene rings is 1. The van der Waals surface area contributed by atoms with E-state index in [9.17, 15) is 14.4 Å². The SMILES string of the molecule is CC(F)C(=O)N1CCN(c2nc(OC[C@@H]3CCCN3C)nc3c(F)c(-c4cccc5c4SCCC5)ncc23)C[C@@H]1CC#N. The summed E-state index contributed by atoms with van der Waals surface area (Å²) >= 11 is 1.72. The first-order valence-electron chi connectivity index (χ1n) is 14.9. The number of thioether (sulfide) groups is 1. The van der Waals surface area contributed by atoms with E-state index >= 15 is 4.39 Å². The molecule has 1 unspecified atom stereocenters. The number of nitriles is 1. The summed E-state index contributed by atoms with van der Waals surface area (Å²) in [5.74, 6) is 0.208. The first-order chi connectivity index (χ1) is 20.9. The van der Waals surface area contributed by atoms with Crippen LogP contribution in [0.4, 0.5) is 14.6 Å². The lowest BCUT2D eigenvalue weighted by atomic mass is 10.0. The van der Waals surface area contributed by atoms with E-state index in [-0.39, 0.29) is 42.8 Å². The highest BCUT2D eigenvalue weighted by Crippen LogP contribution is 2.40. The molecular formula is C31H35F2N7O2S. The lowest BCUT2D eigenvalue weighted by Gasteiger charge is -2.41. The van der Waals surface area contributed by atoms with E-state index in [4.69, 9.17) is 9.72 Å². The maximum Gasteiger partial charge on any atom is 0.319 e. The zero-order valence-corrected chi connectivity index (χ0v) is 25.2. The number of likely N-dealkylation sites (N-methyl/N-ethyl adjacent to an activating group) is 1. The van der Waals surface area contributed by atoms with Gasteiger partial charge in [-0.25, -0.2) is 8.78 Å². The van der Waals surface area contributed by atoms with Crippen LogP contribution < -0.4 is 9.64 Å². The second kappa shape index (κ2) is 12.6. The van der Waals surface area contributed by atoms with Crippen molar-refractivity contribution in [1.82, 2.24) is 24.8 Å². The van der Waals surface area contributed by atoms with Gasteiger partial charge in [0.25, 0.3) is 5.91 Å². The molecule has 3 aliphatic heterocycles. The number of aromatic nitrogens is 3. The molecule has 6 rings (SSSR count). The summed E-state index contributed by atoms with van der Waals surface area (Å²) in [4.78, 5) is 33.1. The van der Waals surface area contributed by atoms with E-state index in [1.807, 2.05) is 17.0 Å². The van der Waals surface area contributed by atoms with Gasteiger partial charge in [-0.05, 0) is 57.5 Å². The highest BCUT2D eigenvalue weighted by molar-refractivity contribution is 7.99. The molecule has 226 valence electrons. The summed E-state index contributed by atoms with van der Waals surface area (Å²) in [5, 5.41) is 9.89. The molecule has 9 nitrogen and oxygen atoms in total. The summed E-state index contributed by atoms with van der Waals surface area (Å²) in [6.45, 7) is 3.32. The molecule has 0 saturated carbocycles. The first kappa shape index (κ1) is 29.5. The van der Waals surface area contributed by atoms with Crippen molar-refractivity contribution < 1.29 is 18.3 Å². The average molecular weight is 608 g/mol. The van der Waals surface area contributed by atoms with Gasteiger partial charge in [0.1, 0.15) is 23.6 Å². The number of anilines is 1. The minimum absolute atomic E-state index is 0.0306. The summed E-state index contributed by atoms with van der Waals surface area (Å²) < 4.78 is 36.6. The molecule has 1 amide bonds. The van der Waals surface area contributed by atoms with Crippen molar-refractivity contribution in [2.75, 3.05) is 50.5 Å². The lowest BCUT2D eigenvalue weighted by molar-refractivity contribution is -0.138. The number of pyridine rings is 1. The Bertz CT molecular complexity index is 1570. The fraction of sp³-hybridized carbons (Fsp3) is 0.516. The van der Waals surface area contributed by atoms with Crippen LogP contribution in [0.25, 0.3) is 22.2 Å². The van der Waals surface area contributed by atoms with Crippen LogP contribution in [-0.2, 0) is 11.2 Å². The van der Waals surface area contributed by atoms with Crippen molar-refractivity contribution in [1.29, 1.82) is 5.26 Å². The lowest BCUT2D eigenvalue weighted by Crippen LogP contribution is -2.56. The maximum absolute atomic E-state index is 16.5. The molecule has 12 heteroatoms. The van der Waals surface area contributed by atoms with E-state index < -0.39 is 23.9 Å². The van der Waals surface area contributed by atoms with Gasteiger partial charge in [0.15, 0.2) is 12.0 Å². The Hall–Kier alpha value is -3.56. The highest BCUT2D eigenvalue weighted by atomic mass is 32.2. The zero-order chi connectivity index (χ0) is 30.1. The van der Waals surface area contributed by atoms with Crippen molar-refractivity contribution >= 4 is 34.4 Å². The number of alkyl halides is 1. The number of carbonyl (C=O) groups is 1. The van der Waals surface area contributed by atoms with Crippen LogP contribution in [0.1, 0.15) is 38.2 Å². The molecule has 1 aromatic carbocycles. The Morgan fingerprint density at radius 1 is 1.23 bits per heavy atom. The maximum atomic E-state index is 16.5. The van der Waals surface area contributed by atoms with E-state index in [1.165, 1.54) is 17.4 Å². The van der Waals surface area contributed by atoms with Crippen LogP contribution in [0.3, 0.4) is 0 Å². The molecular weight excluding hydrogens is 572 g/mol. The third-order valence-electron chi connectivity index (χ3n) is 8.64. The number of likely N-dealkylation sites (tertiary alicyclic amines) is 1. The standard InChI is InChI=1S/C31H35F2N7O2S/c1-19(32)30(41)40-14-13-39(17-21(40)10-11-34)29-24-16-35-26(23-9-3-6-20-7-5-15-43-28(20)23)25(33)27(24)36-31(37-29)42-18-22-8-4-12-38(22)2/h3,6,9,16,19,21-22H,4-5,7-8,10,12-15,17-18H2,1-2H3/t19?,21-,22-/m0/s1. The molecule has 0 bridgehead atoms. The van der Waals surface area contributed by atoms with Gasteiger partial charge in [-0.15, -0.1) is 11.8 Å². The Morgan fingerprint density at radius 2 is 2.09 bits per heavy atom. The smallest absolute Gasteiger partial charge is 0.319 e. The fourth-order valence-corrected chi connectivity index (χ4v) is 7.47. The molecule has 0 spiro atoms. The van der Waals surface area contributed by atoms with Gasteiger partial charge in [-0.2, -0.15) is 15.2 Å². The predicted octanol–water partition coefficient (Wildman–Crippen LogP) is 4.63. The zero-order valence-electron chi connectivity index (χ0n) is 24.4. The third-order valence-corrected chi connectivity index (χ3v) is 9.90. The van der Waals surface area contributed by atoms with Crippen LogP contribution in [0.5, 0.6) is 6.01 Å². The molecule has 0 N–H and O–H groups in total. The molecule has 2 fully saturated rings. The van der Waals surface area contributed by atoms with Crippen molar-refractivity contribution in [2.45, 2.75) is 62.2 Å². The van der Waals surface area contributed by atoms with Crippen LogP contribution in [-0.4, -0.2) is 94.5 Å². The number of fused-ring (bicyclic) bond motifs is 2. The number of halogens is 2. The largest absolute Gasteiger partial charge is 0.462 e. The second-order valence-electron chi connectivity index (χ2n) is 11.5. The molecule has 43 heavy (non-hydrogen) atoms. The van der Waals surface area contributed by atoms with Crippen molar-refractivity contribution in [2.24, 2.45) is 0 Å². The molecule has 3 aliphatic rings. The second-order valence-corrected chi connectivity index (χ2v) is 12.6. The number of nitrogens with zero attached hydrogens (tertiary/aromatic N) is 7. The Kier molecular flexibility index (Phi) is 8.63. The normalized spacial score (nSPS) is 21.5. The third kappa shape index (κ3) is 5.85. The number of hydrogen-bond donors (Lipinski definition) is 0. The van der Waals surface area contributed by atoms with E-state index in [0.29, 0.717) is 24.4 Å². The van der Waals surface area contributed by atoms with Gasteiger partial charge in [-0.1, -0.05) is 18.2 Å². The summed E-state index contributed by atoms with van der Waals surface area (Å²) in [7, 11) is 2.05. The summed E-state index contributed by atoms with van der Waals surface area (Å²) in [5.41, 5.74) is 2.29. The van der Waals surface area contributed by atoms with Crippen LogP contribution >= 0.6 is 11.8 Å². The minimum Gasteiger partial charge on any atom is -0.462 e. The van der Waals surface area contributed by atoms with Crippen molar-refractivity contribution in [3.8, 4) is 23.3 Å². The molecule has 2 aromatic heterocycles. The number of carbonyl (C=O) groups excluding carboxylic acids is 1. The van der Waals surface area contributed by atoms with Crippen LogP contribution in [0.15, 0.2) is 29.3 Å². The molecule has 0 aliphatic carbocycles. The quantitative estimate of drug-likeness (QED) is 0.381. The van der Waals surface area contributed by atoms with E-state index in [1.54, 1.807) is 18.0 Å². The van der Waals surface area contributed by atoms with E-state index in [0.717, 1.165) is 48.4 Å². The predicted molar refractivity (Wildman–Crippen MR) is 161 cm³/mol. The molecule has 5 heterocycles. The number of hydrogen-bond acceptors (Lipinski definition) is 9. The molecule has 2 saturated heterocycles. The van der Waals surface area contributed by atoms with Gasteiger partial charge in [-0.3, -0.25) is 9.78 Å². The molecule has 3 aromatic rings. The van der Waals surface area contributed by atoms with Gasteiger partial charge in [0.2, 0.25) is 0 Å². The number of piperazine rings is 1. The Labute approximate surface area is 254 Å². The van der Waals surface area contributed by atoms with Crippen LogP contribution in [0, 0.1) is 17.1 Å². The Balaban J connectivity index is 1.41. The summed E-state index contributed by atoms with van der Waals surface area (Å²) in [6, 6.07) is 7.78. The Morgan fingerprint density at radius 3 is 2.86 bits per heavy atom. The number of ether oxygens (including phenoxy) is 1. The molecule has 3 atom stereocenters. The average Bonchev–Trinajstić information content (AvgIpc) is 3.44. The fourth-order valence-electron chi connectivity index (χ4n) is 6.30. The highest BCUT2D eigenvalue weighted by Gasteiger charge is 2.34. The van der Waals surface area contributed by atoms with Gasteiger partial charge in [0, 0.05) is 42.3 Å². The minimum atomic E-state index is -1.67. The van der Waals surface area contributed by atoms with Gasteiger partial charge in [0.05, 0.1) is 23.9 Å². The van der Waals surface area contributed by atoms with Crippen molar-refractivity contribution in [3.63, 3.8) is 0 Å². The number of aryl methyl sites for hydroxylation is 1. The first-order valence-corrected chi connectivity index (χ1v) is 15.8. The van der Waals surface area contributed by atoms with E-state index in [2.05, 4.69) is 34.1 Å². The topological polar surface area (TPSA) is 98.5 Å². The van der Waals surface area contributed by atoms with Gasteiger partial charge >= 0.3 is 6.01 Å². The van der Waals surface area contributed by atoms with Gasteiger partial charge < -0.3 is 19.4 Å².